The molecular formula is C49H70N10O10S2. The van der Waals surface area contributed by atoms with E-state index in [-0.39, 0.29) is 55.4 Å². The quantitative estimate of drug-likeness (QED) is 0.0718. The van der Waals surface area contributed by atoms with Crippen molar-refractivity contribution >= 4 is 79.8 Å². The smallest absolute Gasteiger partial charge is 0.326 e. The summed E-state index contributed by atoms with van der Waals surface area (Å²) in [5.41, 5.74) is 13.8. The van der Waals surface area contributed by atoms with E-state index < -0.39 is 102 Å². The molecule has 388 valence electrons. The van der Waals surface area contributed by atoms with Gasteiger partial charge in [-0.1, -0.05) is 97.9 Å². The molecule has 22 heteroatoms. The van der Waals surface area contributed by atoms with Gasteiger partial charge in [-0.25, -0.2) is 4.79 Å². The summed E-state index contributed by atoms with van der Waals surface area (Å²) in [6.45, 7) is 4.96. The molecule has 1 aliphatic heterocycles. The van der Waals surface area contributed by atoms with Gasteiger partial charge in [-0.15, -0.1) is 0 Å². The molecule has 20 nitrogen and oxygen atoms in total. The molecule has 8 atom stereocenters. The first-order valence-corrected chi connectivity index (χ1v) is 26.8. The van der Waals surface area contributed by atoms with E-state index in [1.165, 1.54) is 19.1 Å². The maximum absolute atomic E-state index is 14.8. The molecule has 5 rings (SSSR count). The molecule has 7 amide bonds. The molecule has 1 saturated heterocycles. The Balaban J connectivity index is 1.59. The first-order valence-electron chi connectivity index (χ1n) is 24.3. The first-order chi connectivity index (χ1) is 33.9. The van der Waals surface area contributed by atoms with Gasteiger partial charge in [0.25, 0.3) is 0 Å². The van der Waals surface area contributed by atoms with Crippen molar-refractivity contribution in [1.82, 2.24) is 42.2 Å². The van der Waals surface area contributed by atoms with E-state index in [1.54, 1.807) is 32.2 Å². The number of nitrogens with one attached hydrogen (secondary N) is 8. The Morgan fingerprint density at radius 2 is 1.35 bits per heavy atom. The number of aliphatic carboxylic acids is 1. The number of H-pyrrole nitrogens is 1. The first kappa shape index (κ1) is 56.1. The van der Waals surface area contributed by atoms with Crippen molar-refractivity contribution < 1.29 is 48.6 Å². The lowest BCUT2D eigenvalue weighted by atomic mass is 9.84. The number of aromatic amines is 1. The third kappa shape index (κ3) is 17.2. The van der Waals surface area contributed by atoms with Crippen LogP contribution in [0.15, 0.2) is 54.7 Å². The van der Waals surface area contributed by atoms with E-state index in [2.05, 4.69) is 42.2 Å². The zero-order valence-electron chi connectivity index (χ0n) is 40.5. The molecule has 1 saturated carbocycles. The fraction of sp³-hybridized carbons (Fsp3) is 0.551. The van der Waals surface area contributed by atoms with Crippen molar-refractivity contribution in [3.63, 3.8) is 0 Å². The predicted octanol–water partition coefficient (Wildman–Crippen LogP) is 1.63. The number of carboxylic acid groups (broad SMARTS) is 1. The molecule has 2 heterocycles. The summed E-state index contributed by atoms with van der Waals surface area (Å²) in [7, 11) is 2.13. The molecule has 8 unspecified atom stereocenters. The van der Waals surface area contributed by atoms with Crippen molar-refractivity contribution in [2.24, 2.45) is 23.3 Å². The number of carboxylic acids is 1. The molecule has 14 N–H and O–H groups in total. The number of unbranched alkanes of at least 4 members (excludes halogenated alkanes) is 1. The number of phenols is 1. The molecule has 1 aromatic heterocycles. The van der Waals surface area contributed by atoms with E-state index in [1.807, 2.05) is 24.3 Å². The zero-order valence-corrected chi connectivity index (χ0v) is 42.1. The number of para-hydroxylation sites is 1. The molecule has 0 radical (unpaired) electrons. The van der Waals surface area contributed by atoms with Crippen LogP contribution in [0.5, 0.6) is 5.75 Å². The number of hydrogen-bond donors (Lipinski definition) is 12. The van der Waals surface area contributed by atoms with Crippen molar-refractivity contribution in [3.05, 3.63) is 65.9 Å². The van der Waals surface area contributed by atoms with Gasteiger partial charge in [0.2, 0.25) is 41.4 Å². The summed E-state index contributed by atoms with van der Waals surface area (Å²) >= 11 is 0. The monoisotopic (exact) mass is 1020 g/mol. The van der Waals surface area contributed by atoms with E-state index in [9.17, 15) is 48.6 Å². The molecule has 2 fully saturated rings. The van der Waals surface area contributed by atoms with Crippen LogP contribution in [0.2, 0.25) is 0 Å². The summed E-state index contributed by atoms with van der Waals surface area (Å²) in [6.07, 6.45) is 7.32. The SMILES string of the molecule is CC(N)C(=O)NC1CSSCC(C(=O)NC(C(=O)O)C(C)C)NC(=O)C(Cc2ccc(O)cc2)NC(=O)C(CCCCN)NC(=O)C(Cc2c[nH]c3ccccc23)NC(=O)C(CC2CCCCC2)NC1=O. The van der Waals surface area contributed by atoms with Gasteiger partial charge < -0.3 is 63.9 Å². The molecule has 71 heavy (non-hydrogen) atoms. The maximum atomic E-state index is 14.8. The Morgan fingerprint density at radius 1 is 0.746 bits per heavy atom. The number of aromatic hydroxyl groups is 1. The van der Waals surface area contributed by atoms with E-state index >= 15 is 0 Å². The van der Waals surface area contributed by atoms with Crippen molar-refractivity contribution in [2.75, 3.05) is 18.1 Å². The van der Waals surface area contributed by atoms with Gasteiger partial charge in [0.1, 0.15) is 48.0 Å². The topological polar surface area (TPSA) is 329 Å². The summed E-state index contributed by atoms with van der Waals surface area (Å²) < 4.78 is 0. The second kappa shape index (κ2) is 27.7. The number of amides is 7. The highest BCUT2D eigenvalue weighted by molar-refractivity contribution is 8.76. The minimum absolute atomic E-state index is 0.0291. The largest absolute Gasteiger partial charge is 0.508 e. The number of carbonyl (C=O) groups is 8. The van der Waals surface area contributed by atoms with Gasteiger partial charge in [0.15, 0.2) is 0 Å². The van der Waals surface area contributed by atoms with Gasteiger partial charge in [-0.3, -0.25) is 33.6 Å². The van der Waals surface area contributed by atoms with Crippen molar-refractivity contribution in [3.8, 4) is 5.75 Å². The van der Waals surface area contributed by atoms with Crippen molar-refractivity contribution in [1.29, 1.82) is 0 Å². The van der Waals surface area contributed by atoms with Crippen LogP contribution in [0.1, 0.15) is 89.7 Å². The molecular weight excluding hydrogens is 953 g/mol. The average Bonchev–Trinajstić information content (AvgIpc) is 3.75. The Labute approximate surface area is 421 Å². The second-order valence-corrected chi connectivity index (χ2v) is 21.3. The van der Waals surface area contributed by atoms with Crippen LogP contribution < -0.4 is 48.7 Å². The van der Waals surface area contributed by atoms with E-state index in [0.717, 1.165) is 64.6 Å². The Bertz CT molecular complexity index is 2310. The minimum atomic E-state index is -1.40. The summed E-state index contributed by atoms with van der Waals surface area (Å²) in [4.78, 5) is 115. The number of aromatic nitrogens is 1. The van der Waals surface area contributed by atoms with Crippen LogP contribution in [0, 0.1) is 11.8 Å². The van der Waals surface area contributed by atoms with Gasteiger partial charge >= 0.3 is 5.97 Å². The second-order valence-electron chi connectivity index (χ2n) is 18.8. The number of fused-ring (bicyclic) bond motifs is 1. The van der Waals surface area contributed by atoms with Gasteiger partial charge in [-0.05, 0) is 80.3 Å². The summed E-state index contributed by atoms with van der Waals surface area (Å²) in [5.74, 6) is -7.24. The number of nitrogens with two attached hydrogens (primary N) is 2. The van der Waals surface area contributed by atoms with Crippen LogP contribution in [0.3, 0.4) is 0 Å². The van der Waals surface area contributed by atoms with E-state index in [0.29, 0.717) is 24.0 Å². The Kier molecular flexibility index (Phi) is 21.9. The van der Waals surface area contributed by atoms with Crippen LogP contribution in [0.4, 0.5) is 0 Å². The van der Waals surface area contributed by atoms with Crippen LogP contribution in [-0.4, -0.2) is 129 Å². The lowest BCUT2D eigenvalue weighted by molar-refractivity contribution is -0.143. The lowest BCUT2D eigenvalue weighted by Gasteiger charge is -2.30. The lowest BCUT2D eigenvalue weighted by Crippen LogP contribution is -2.61. The van der Waals surface area contributed by atoms with Gasteiger partial charge in [-0.2, -0.15) is 0 Å². The third-order valence-electron chi connectivity index (χ3n) is 12.7. The summed E-state index contributed by atoms with van der Waals surface area (Å²) in [5, 5.41) is 40.1. The molecule has 3 aromatic rings. The summed E-state index contributed by atoms with van der Waals surface area (Å²) in [6, 6.07) is 3.28. The standard InChI is InChI=1S/C49H70N10O10S2/c1-27(2)41(49(68)69)59-48(67)40-26-71-70-25-39(57-42(61)28(3)51)47(66)55-36(21-29-11-5-4-6-12-29)44(63)56-38(23-31-24-52-34-14-8-7-13-33(31)34)46(65)53-35(15-9-10-20-50)43(62)54-37(45(64)58-40)22-30-16-18-32(60)19-17-30/h7-8,13-14,16-19,24,27-29,35-41,52,60H,4-6,9-12,15,20-23,25-26,50-51H2,1-3H3,(H,53,65)(H,54,62)(H,55,66)(H,56,63)(H,57,61)(H,58,64)(H,59,67)(H,68,69). The normalized spacial score (nSPS) is 23.5. The Hall–Kier alpha value is -5.84. The molecule has 2 aromatic carbocycles. The highest BCUT2D eigenvalue weighted by Gasteiger charge is 2.36. The van der Waals surface area contributed by atoms with Crippen LogP contribution in [-0.2, 0) is 51.2 Å². The van der Waals surface area contributed by atoms with Gasteiger partial charge in [0.05, 0.1) is 6.04 Å². The fourth-order valence-corrected chi connectivity index (χ4v) is 10.9. The number of hydrogen-bond acceptors (Lipinski definition) is 13. The number of carbonyl (C=O) groups excluding carboxylic acids is 7. The van der Waals surface area contributed by atoms with E-state index in [4.69, 9.17) is 11.5 Å². The predicted molar refractivity (Wildman–Crippen MR) is 272 cm³/mol. The van der Waals surface area contributed by atoms with Crippen LogP contribution >= 0.6 is 21.6 Å². The molecule has 1 aliphatic carbocycles. The zero-order chi connectivity index (χ0) is 51.6. The highest BCUT2D eigenvalue weighted by Crippen LogP contribution is 2.29. The minimum Gasteiger partial charge on any atom is -0.508 e. The number of rotatable bonds is 16. The average molecular weight is 1020 g/mol. The molecule has 0 spiro atoms. The Morgan fingerprint density at radius 3 is 2.01 bits per heavy atom. The fourth-order valence-electron chi connectivity index (χ4n) is 8.59. The molecule has 2 aliphatic rings. The van der Waals surface area contributed by atoms with Crippen molar-refractivity contribution in [2.45, 2.75) is 140 Å². The maximum Gasteiger partial charge on any atom is 0.326 e. The third-order valence-corrected chi connectivity index (χ3v) is 15.1. The number of benzene rings is 2. The molecule has 0 bridgehead atoms. The highest BCUT2D eigenvalue weighted by atomic mass is 33.1. The number of phenolic OH excluding ortho intramolecular Hbond substituents is 1. The van der Waals surface area contributed by atoms with Crippen LogP contribution in [0.25, 0.3) is 10.9 Å². The van der Waals surface area contributed by atoms with Gasteiger partial charge in [0, 0.05) is 41.4 Å².